The summed E-state index contributed by atoms with van der Waals surface area (Å²) in [6.07, 6.45) is 6.64. The van der Waals surface area contributed by atoms with E-state index in [4.69, 9.17) is 0 Å². The van der Waals surface area contributed by atoms with Gasteiger partial charge in [-0.05, 0) is 25.8 Å². The zero-order valence-electron chi connectivity index (χ0n) is 10.4. The second kappa shape index (κ2) is 4.95. The summed E-state index contributed by atoms with van der Waals surface area (Å²) in [7, 11) is 0. The third-order valence-corrected chi connectivity index (χ3v) is 3.53. The SMILES string of the molecule is CCCn1cnnc1C1(CCC)CCNC1. The zero-order valence-corrected chi connectivity index (χ0v) is 10.4. The van der Waals surface area contributed by atoms with Crippen LogP contribution in [0.15, 0.2) is 6.33 Å². The van der Waals surface area contributed by atoms with Crippen LogP contribution in [0.3, 0.4) is 0 Å². The Morgan fingerprint density at radius 1 is 1.44 bits per heavy atom. The molecule has 0 radical (unpaired) electrons. The molecule has 1 aliphatic heterocycles. The van der Waals surface area contributed by atoms with Crippen LogP contribution in [-0.4, -0.2) is 27.9 Å². The molecule has 0 amide bonds. The van der Waals surface area contributed by atoms with Crippen molar-refractivity contribution in [1.82, 2.24) is 20.1 Å². The molecular weight excluding hydrogens is 200 g/mol. The van der Waals surface area contributed by atoms with Crippen LogP contribution in [0.25, 0.3) is 0 Å². The van der Waals surface area contributed by atoms with E-state index in [1.807, 2.05) is 6.33 Å². The summed E-state index contributed by atoms with van der Waals surface area (Å²) < 4.78 is 2.24. The van der Waals surface area contributed by atoms with Crippen LogP contribution < -0.4 is 5.32 Å². The van der Waals surface area contributed by atoms with Crippen LogP contribution in [-0.2, 0) is 12.0 Å². The topological polar surface area (TPSA) is 42.7 Å². The van der Waals surface area contributed by atoms with Gasteiger partial charge in [0.2, 0.25) is 0 Å². The van der Waals surface area contributed by atoms with Crippen LogP contribution in [0.4, 0.5) is 0 Å². The standard InChI is InChI=1S/C12H22N4/c1-3-5-12(6-7-13-9-12)11-15-14-10-16(11)8-4-2/h10,13H,3-9H2,1-2H3. The minimum absolute atomic E-state index is 0.237. The maximum Gasteiger partial charge on any atom is 0.140 e. The molecule has 2 heterocycles. The average Bonchev–Trinajstić information content (AvgIpc) is 2.88. The molecule has 4 heteroatoms. The molecule has 1 aromatic rings. The fraction of sp³-hybridized carbons (Fsp3) is 0.833. The third kappa shape index (κ3) is 1.98. The maximum atomic E-state index is 4.38. The molecule has 1 N–H and O–H groups in total. The Balaban J connectivity index is 2.27. The van der Waals surface area contributed by atoms with Crippen LogP contribution in [0, 0.1) is 0 Å². The summed E-state index contributed by atoms with van der Waals surface area (Å²) in [5, 5.41) is 12.0. The smallest absolute Gasteiger partial charge is 0.140 e. The molecule has 0 saturated carbocycles. The summed E-state index contributed by atoms with van der Waals surface area (Å²) in [4.78, 5) is 0. The molecule has 1 saturated heterocycles. The number of nitrogens with zero attached hydrogens (tertiary/aromatic N) is 3. The summed E-state index contributed by atoms with van der Waals surface area (Å²) in [6.45, 7) is 7.65. The van der Waals surface area contributed by atoms with Gasteiger partial charge in [-0.15, -0.1) is 10.2 Å². The number of hydrogen-bond acceptors (Lipinski definition) is 3. The number of rotatable bonds is 5. The Hall–Kier alpha value is -0.900. The molecule has 1 atom stereocenters. The Morgan fingerprint density at radius 3 is 2.94 bits per heavy atom. The molecule has 90 valence electrons. The first-order valence-electron chi connectivity index (χ1n) is 6.41. The fourth-order valence-corrected chi connectivity index (χ4v) is 2.81. The first-order valence-corrected chi connectivity index (χ1v) is 6.41. The van der Waals surface area contributed by atoms with Gasteiger partial charge in [0.1, 0.15) is 12.2 Å². The van der Waals surface area contributed by atoms with Crippen LogP contribution in [0.2, 0.25) is 0 Å². The van der Waals surface area contributed by atoms with Gasteiger partial charge in [0.05, 0.1) is 0 Å². The van der Waals surface area contributed by atoms with Gasteiger partial charge in [-0.1, -0.05) is 20.3 Å². The molecule has 2 rings (SSSR count). The van der Waals surface area contributed by atoms with Gasteiger partial charge in [0.25, 0.3) is 0 Å². The molecule has 0 aliphatic carbocycles. The molecule has 0 bridgehead atoms. The van der Waals surface area contributed by atoms with Gasteiger partial charge < -0.3 is 9.88 Å². The lowest BCUT2D eigenvalue weighted by atomic mass is 9.81. The van der Waals surface area contributed by atoms with Gasteiger partial charge in [-0.3, -0.25) is 0 Å². The van der Waals surface area contributed by atoms with Crippen molar-refractivity contribution in [2.75, 3.05) is 13.1 Å². The normalized spacial score (nSPS) is 25.1. The van der Waals surface area contributed by atoms with Gasteiger partial charge in [0.15, 0.2) is 0 Å². The van der Waals surface area contributed by atoms with Crippen molar-refractivity contribution in [2.24, 2.45) is 0 Å². The number of nitrogens with one attached hydrogen (secondary N) is 1. The Labute approximate surface area is 97.5 Å². The second-order valence-electron chi connectivity index (χ2n) is 4.81. The average molecular weight is 222 g/mol. The van der Waals surface area contributed by atoms with Crippen molar-refractivity contribution in [1.29, 1.82) is 0 Å². The molecule has 16 heavy (non-hydrogen) atoms. The van der Waals surface area contributed by atoms with Crippen molar-refractivity contribution in [3.8, 4) is 0 Å². The van der Waals surface area contributed by atoms with Crippen molar-refractivity contribution >= 4 is 0 Å². The Kier molecular flexibility index (Phi) is 3.59. The highest BCUT2D eigenvalue weighted by molar-refractivity contribution is 5.12. The highest BCUT2D eigenvalue weighted by atomic mass is 15.3. The van der Waals surface area contributed by atoms with E-state index in [1.54, 1.807) is 0 Å². The molecule has 0 aromatic carbocycles. The van der Waals surface area contributed by atoms with Crippen molar-refractivity contribution in [2.45, 2.75) is 51.5 Å². The van der Waals surface area contributed by atoms with E-state index < -0.39 is 0 Å². The van der Waals surface area contributed by atoms with Crippen LogP contribution in [0.5, 0.6) is 0 Å². The van der Waals surface area contributed by atoms with E-state index in [2.05, 4.69) is 33.9 Å². The lowest BCUT2D eigenvalue weighted by molar-refractivity contribution is 0.381. The summed E-state index contributed by atoms with van der Waals surface area (Å²) in [5.41, 5.74) is 0.237. The van der Waals surface area contributed by atoms with Gasteiger partial charge in [-0.25, -0.2) is 0 Å². The number of hydrogen-bond donors (Lipinski definition) is 1. The lowest BCUT2D eigenvalue weighted by Crippen LogP contribution is -2.32. The van der Waals surface area contributed by atoms with Gasteiger partial charge in [-0.2, -0.15) is 0 Å². The highest BCUT2D eigenvalue weighted by Gasteiger charge is 2.38. The quantitative estimate of drug-likeness (QED) is 0.825. The zero-order chi connectivity index (χ0) is 11.4. The Bertz CT molecular complexity index is 326. The first kappa shape index (κ1) is 11.6. The van der Waals surface area contributed by atoms with E-state index in [1.165, 1.54) is 25.1 Å². The van der Waals surface area contributed by atoms with E-state index in [9.17, 15) is 0 Å². The fourth-order valence-electron chi connectivity index (χ4n) is 2.81. The van der Waals surface area contributed by atoms with Crippen molar-refractivity contribution in [3.63, 3.8) is 0 Å². The molecule has 4 nitrogen and oxygen atoms in total. The van der Waals surface area contributed by atoms with Gasteiger partial charge in [0, 0.05) is 18.5 Å². The van der Waals surface area contributed by atoms with Crippen molar-refractivity contribution < 1.29 is 0 Å². The van der Waals surface area contributed by atoms with Crippen LogP contribution in [0.1, 0.15) is 45.4 Å². The van der Waals surface area contributed by atoms with Crippen LogP contribution >= 0.6 is 0 Å². The molecule has 0 spiro atoms. The monoisotopic (exact) mass is 222 g/mol. The second-order valence-corrected chi connectivity index (χ2v) is 4.81. The minimum atomic E-state index is 0.237. The summed E-state index contributed by atoms with van der Waals surface area (Å²) in [6, 6.07) is 0. The first-order chi connectivity index (χ1) is 7.82. The number of aryl methyl sites for hydroxylation is 1. The molecule has 1 unspecified atom stereocenters. The summed E-state index contributed by atoms with van der Waals surface area (Å²) >= 11 is 0. The van der Waals surface area contributed by atoms with Gasteiger partial charge >= 0.3 is 0 Å². The Morgan fingerprint density at radius 2 is 2.31 bits per heavy atom. The largest absolute Gasteiger partial charge is 0.317 e. The van der Waals surface area contributed by atoms with E-state index >= 15 is 0 Å². The molecule has 1 fully saturated rings. The third-order valence-electron chi connectivity index (χ3n) is 3.53. The summed E-state index contributed by atoms with van der Waals surface area (Å²) in [5.74, 6) is 1.20. The van der Waals surface area contributed by atoms with Crippen molar-refractivity contribution in [3.05, 3.63) is 12.2 Å². The number of aromatic nitrogens is 3. The molecule has 1 aromatic heterocycles. The molecule has 1 aliphatic rings. The highest BCUT2D eigenvalue weighted by Crippen LogP contribution is 2.33. The lowest BCUT2D eigenvalue weighted by Gasteiger charge is -2.27. The predicted molar refractivity (Wildman–Crippen MR) is 64.4 cm³/mol. The predicted octanol–water partition coefficient (Wildman–Crippen LogP) is 1.72. The molecular formula is C12H22N4. The van der Waals surface area contributed by atoms with E-state index in [0.29, 0.717) is 0 Å². The van der Waals surface area contributed by atoms with E-state index in [-0.39, 0.29) is 5.41 Å². The maximum absolute atomic E-state index is 4.38. The minimum Gasteiger partial charge on any atom is -0.317 e. The van der Waals surface area contributed by atoms with E-state index in [0.717, 1.165) is 26.1 Å².